The van der Waals surface area contributed by atoms with Gasteiger partial charge < -0.3 is 10.1 Å². The zero-order valence-corrected chi connectivity index (χ0v) is 13.2. The number of thiazole rings is 1. The number of hydrogen-bond donors (Lipinski definition) is 1. The molecule has 0 unspecified atom stereocenters. The molecular formula is C17H15N3O2S. The Hall–Kier alpha value is -2.31. The van der Waals surface area contributed by atoms with Crippen LogP contribution in [0.2, 0.25) is 0 Å². The number of aromatic nitrogens is 2. The molecule has 5 nitrogen and oxygen atoms in total. The van der Waals surface area contributed by atoms with E-state index in [2.05, 4.69) is 27.4 Å². The maximum Gasteiger partial charge on any atom is 0.254 e. The quantitative estimate of drug-likeness (QED) is 0.801. The van der Waals surface area contributed by atoms with Gasteiger partial charge in [-0.05, 0) is 35.9 Å². The summed E-state index contributed by atoms with van der Waals surface area (Å²) in [5.41, 5.74) is 2.93. The number of amides is 1. The van der Waals surface area contributed by atoms with Gasteiger partial charge in [0.05, 0.1) is 10.4 Å². The van der Waals surface area contributed by atoms with Gasteiger partial charge in [-0.3, -0.25) is 9.78 Å². The van der Waals surface area contributed by atoms with Gasteiger partial charge in [0.15, 0.2) is 0 Å². The van der Waals surface area contributed by atoms with Crippen LogP contribution in [-0.2, 0) is 9.53 Å². The highest BCUT2D eigenvalue weighted by Crippen LogP contribution is 2.27. The van der Waals surface area contributed by atoms with Crippen LogP contribution in [0, 0.1) is 0 Å². The molecule has 6 heteroatoms. The Balaban J connectivity index is 1.62. The third-order valence-electron chi connectivity index (χ3n) is 3.91. The van der Waals surface area contributed by atoms with E-state index < -0.39 is 0 Å². The molecule has 0 radical (unpaired) electrons. The Labute approximate surface area is 137 Å². The smallest absolute Gasteiger partial charge is 0.254 e. The molecule has 116 valence electrons. The maximum atomic E-state index is 12.1. The van der Waals surface area contributed by atoms with Gasteiger partial charge in [0.1, 0.15) is 11.9 Å². The van der Waals surface area contributed by atoms with Crippen molar-refractivity contribution in [2.24, 2.45) is 0 Å². The molecule has 2 aromatic heterocycles. The zero-order chi connectivity index (χ0) is 15.6. The molecule has 3 aromatic rings. The molecule has 23 heavy (non-hydrogen) atoms. The van der Waals surface area contributed by atoms with Crippen LogP contribution in [-0.4, -0.2) is 28.6 Å². The number of benzene rings is 1. The molecule has 0 bridgehead atoms. The van der Waals surface area contributed by atoms with Crippen LogP contribution >= 0.6 is 11.3 Å². The van der Waals surface area contributed by atoms with Crippen LogP contribution in [0.25, 0.3) is 21.2 Å². The first kappa shape index (κ1) is 14.3. The molecule has 0 aliphatic carbocycles. The molecular weight excluding hydrogens is 310 g/mol. The Morgan fingerprint density at radius 2 is 2.22 bits per heavy atom. The van der Waals surface area contributed by atoms with E-state index in [0.29, 0.717) is 12.4 Å². The first-order chi connectivity index (χ1) is 11.3. The normalized spacial score (nSPS) is 17.5. The Morgan fingerprint density at radius 3 is 3.00 bits per heavy atom. The van der Waals surface area contributed by atoms with Gasteiger partial charge in [0.2, 0.25) is 0 Å². The predicted octanol–water partition coefficient (Wildman–Crippen LogP) is 3.48. The minimum Gasteiger partial charge on any atom is -0.368 e. The second-order valence-electron chi connectivity index (χ2n) is 5.49. The lowest BCUT2D eigenvalue weighted by Crippen LogP contribution is -2.27. The predicted molar refractivity (Wildman–Crippen MR) is 90.5 cm³/mol. The summed E-state index contributed by atoms with van der Waals surface area (Å²) in [4.78, 5) is 21.7. The fourth-order valence-corrected chi connectivity index (χ4v) is 3.33. The summed E-state index contributed by atoms with van der Waals surface area (Å²) in [5, 5.41) is 4.92. The van der Waals surface area contributed by atoms with Crippen LogP contribution < -0.4 is 5.32 Å². The number of anilines is 1. The van der Waals surface area contributed by atoms with Crippen molar-refractivity contribution in [2.45, 2.75) is 18.9 Å². The summed E-state index contributed by atoms with van der Waals surface area (Å²) in [7, 11) is 0. The molecule has 1 aromatic carbocycles. The van der Waals surface area contributed by atoms with E-state index in [1.165, 1.54) is 0 Å². The van der Waals surface area contributed by atoms with Crippen molar-refractivity contribution < 1.29 is 9.53 Å². The van der Waals surface area contributed by atoms with Crippen molar-refractivity contribution in [3.63, 3.8) is 0 Å². The molecule has 1 fully saturated rings. The standard InChI is InChI=1S/C17H15N3O2S/c21-17(14-2-1-5-22-14)20-16-7-13-6-11(15-9-18-10-23-15)3-4-12(13)8-19-16/h3-4,6-10,14H,1-2,5H2,(H,19,20,21)/t14-/m1/s1. The van der Waals surface area contributed by atoms with E-state index in [0.717, 1.165) is 34.1 Å². The van der Waals surface area contributed by atoms with Crippen molar-refractivity contribution in [3.8, 4) is 10.4 Å². The number of carbonyl (C=O) groups is 1. The fourth-order valence-electron chi connectivity index (χ4n) is 2.71. The number of carbonyl (C=O) groups excluding carboxylic acids is 1. The summed E-state index contributed by atoms with van der Waals surface area (Å²) < 4.78 is 5.40. The lowest BCUT2D eigenvalue weighted by Gasteiger charge is -2.10. The number of hydrogen-bond acceptors (Lipinski definition) is 5. The molecule has 0 saturated carbocycles. The summed E-state index contributed by atoms with van der Waals surface area (Å²) in [6.45, 7) is 0.654. The highest BCUT2D eigenvalue weighted by Gasteiger charge is 2.23. The molecule has 1 N–H and O–H groups in total. The van der Waals surface area contributed by atoms with E-state index in [1.807, 2.05) is 23.8 Å². The Bertz CT molecular complexity index is 842. The topological polar surface area (TPSA) is 64.1 Å². The Kier molecular flexibility index (Phi) is 3.77. The second-order valence-corrected chi connectivity index (χ2v) is 6.37. The molecule has 1 amide bonds. The number of fused-ring (bicyclic) bond motifs is 1. The minimum absolute atomic E-state index is 0.118. The van der Waals surface area contributed by atoms with Crippen LogP contribution in [0.1, 0.15) is 12.8 Å². The molecule has 4 rings (SSSR count). The van der Waals surface area contributed by atoms with Crippen LogP contribution in [0.15, 0.2) is 42.2 Å². The summed E-state index contributed by atoms with van der Waals surface area (Å²) in [6.07, 6.45) is 4.98. The molecule has 1 aliphatic heterocycles. The second kappa shape index (κ2) is 6.06. The Morgan fingerprint density at radius 1 is 1.26 bits per heavy atom. The van der Waals surface area contributed by atoms with Gasteiger partial charge >= 0.3 is 0 Å². The molecule has 3 heterocycles. The molecule has 1 saturated heterocycles. The lowest BCUT2D eigenvalue weighted by atomic mass is 10.1. The highest BCUT2D eigenvalue weighted by molar-refractivity contribution is 7.13. The van der Waals surface area contributed by atoms with Gasteiger partial charge in [-0.25, -0.2) is 4.98 Å². The molecule has 0 spiro atoms. The van der Waals surface area contributed by atoms with Crippen LogP contribution in [0.3, 0.4) is 0 Å². The van der Waals surface area contributed by atoms with Gasteiger partial charge in [0, 0.05) is 24.4 Å². The zero-order valence-electron chi connectivity index (χ0n) is 12.4. The number of pyridine rings is 1. The largest absolute Gasteiger partial charge is 0.368 e. The number of nitrogens with one attached hydrogen (secondary N) is 1. The van der Waals surface area contributed by atoms with Crippen molar-refractivity contribution in [1.82, 2.24) is 9.97 Å². The van der Waals surface area contributed by atoms with Crippen LogP contribution in [0.5, 0.6) is 0 Å². The first-order valence-corrected chi connectivity index (χ1v) is 8.39. The monoisotopic (exact) mass is 325 g/mol. The van der Waals surface area contributed by atoms with E-state index in [-0.39, 0.29) is 12.0 Å². The highest BCUT2D eigenvalue weighted by atomic mass is 32.1. The van der Waals surface area contributed by atoms with Gasteiger partial charge in [0.25, 0.3) is 5.91 Å². The average Bonchev–Trinajstić information content (AvgIpc) is 3.27. The van der Waals surface area contributed by atoms with E-state index in [9.17, 15) is 4.79 Å². The number of rotatable bonds is 3. The first-order valence-electron chi connectivity index (χ1n) is 7.51. The van der Waals surface area contributed by atoms with Crippen LogP contribution in [0.4, 0.5) is 5.82 Å². The maximum absolute atomic E-state index is 12.1. The van der Waals surface area contributed by atoms with E-state index >= 15 is 0 Å². The van der Waals surface area contributed by atoms with Crippen molar-refractivity contribution in [3.05, 3.63) is 42.2 Å². The van der Waals surface area contributed by atoms with Crippen molar-refractivity contribution in [1.29, 1.82) is 0 Å². The average molecular weight is 325 g/mol. The summed E-state index contributed by atoms with van der Waals surface area (Å²) in [5.74, 6) is 0.437. The summed E-state index contributed by atoms with van der Waals surface area (Å²) in [6, 6.07) is 8.07. The third kappa shape index (κ3) is 2.95. The molecule has 1 atom stereocenters. The summed E-state index contributed by atoms with van der Waals surface area (Å²) >= 11 is 1.60. The van der Waals surface area contributed by atoms with Gasteiger partial charge in [-0.2, -0.15) is 0 Å². The van der Waals surface area contributed by atoms with E-state index in [1.54, 1.807) is 17.5 Å². The SMILES string of the molecule is O=C(Nc1cc2cc(-c3cncs3)ccc2cn1)[C@H]1CCCO1. The number of ether oxygens (including phenoxy) is 1. The third-order valence-corrected chi connectivity index (χ3v) is 4.73. The van der Waals surface area contributed by atoms with Gasteiger partial charge in [-0.1, -0.05) is 12.1 Å². The van der Waals surface area contributed by atoms with Gasteiger partial charge in [-0.15, -0.1) is 11.3 Å². The number of nitrogens with zero attached hydrogens (tertiary/aromatic N) is 2. The fraction of sp³-hybridized carbons (Fsp3) is 0.235. The molecule has 1 aliphatic rings. The van der Waals surface area contributed by atoms with Crippen molar-refractivity contribution >= 4 is 33.8 Å². The van der Waals surface area contributed by atoms with Crippen molar-refractivity contribution in [2.75, 3.05) is 11.9 Å². The van der Waals surface area contributed by atoms with E-state index in [4.69, 9.17) is 4.74 Å². The minimum atomic E-state index is -0.351. The lowest BCUT2D eigenvalue weighted by molar-refractivity contribution is -0.124.